The standard InChI is InChI=1S/C13H18N4O/c1-8(2)14-13(18)16-11-5-6-12-15-9(3)10(4)17(12)7-11/h5-8H,1-4H3,(H2,14,16,18). The average molecular weight is 246 g/mol. The third-order valence-corrected chi connectivity index (χ3v) is 2.77. The zero-order chi connectivity index (χ0) is 13.3. The molecule has 2 heterocycles. The Hall–Kier alpha value is -2.04. The molecule has 0 radical (unpaired) electrons. The number of rotatable bonds is 2. The van der Waals surface area contributed by atoms with E-state index in [1.165, 1.54) is 0 Å². The maximum Gasteiger partial charge on any atom is 0.319 e. The van der Waals surface area contributed by atoms with Gasteiger partial charge >= 0.3 is 6.03 Å². The van der Waals surface area contributed by atoms with Gasteiger partial charge < -0.3 is 15.0 Å². The van der Waals surface area contributed by atoms with E-state index in [1.54, 1.807) is 0 Å². The Morgan fingerprint density at radius 2 is 2.06 bits per heavy atom. The highest BCUT2D eigenvalue weighted by molar-refractivity contribution is 5.89. The van der Waals surface area contributed by atoms with Crippen molar-refractivity contribution in [3.8, 4) is 0 Å². The zero-order valence-corrected chi connectivity index (χ0v) is 11.1. The second-order valence-electron chi connectivity index (χ2n) is 4.68. The summed E-state index contributed by atoms with van der Waals surface area (Å²) in [5, 5.41) is 5.59. The molecule has 18 heavy (non-hydrogen) atoms. The number of hydrogen-bond acceptors (Lipinski definition) is 2. The van der Waals surface area contributed by atoms with E-state index in [2.05, 4.69) is 15.6 Å². The molecule has 96 valence electrons. The molecule has 2 rings (SSSR count). The first kappa shape index (κ1) is 12.4. The summed E-state index contributed by atoms with van der Waals surface area (Å²) in [4.78, 5) is 16.0. The molecule has 0 fully saturated rings. The van der Waals surface area contributed by atoms with E-state index >= 15 is 0 Å². The van der Waals surface area contributed by atoms with Gasteiger partial charge in [0.15, 0.2) is 0 Å². The number of anilines is 1. The highest BCUT2D eigenvalue weighted by Crippen LogP contribution is 2.15. The van der Waals surface area contributed by atoms with Gasteiger partial charge in [-0.2, -0.15) is 0 Å². The van der Waals surface area contributed by atoms with Crippen LogP contribution < -0.4 is 10.6 Å². The van der Waals surface area contributed by atoms with E-state index in [1.807, 2.05) is 50.4 Å². The minimum atomic E-state index is -0.196. The topological polar surface area (TPSA) is 58.4 Å². The summed E-state index contributed by atoms with van der Waals surface area (Å²) >= 11 is 0. The molecule has 5 heteroatoms. The van der Waals surface area contributed by atoms with Gasteiger partial charge in [0.25, 0.3) is 0 Å². The second kappa shape index (κ2) is 4.68. The molecule has 0 atom stereocenters. The van der Waals surface area contributed by atoms with Gasteiger partial charge in [0.2, 0.25) is 0 Å². The van der Waals surface area contributed by atoms with Crippen LogP contribution in [0.2, 0.25) is 0 Å². The predicted molar refractivity (Wildman–Crippen MR) is 72.0 cm³/mol. The fourth-order valence-corrected chi connectivity index (χ4v) is 1.78. The van der Waals surface area contributed by atoms with Gasteiger partial charge in [-0.15, -0.1) is 0 Å². The Balaban J connectivity index is 2.24. The van der Waals surface area contributed by atoms with Gasteiger partial charge in [-0.3, -0.25) is 0 Å². The largest absolute Gasteiger partial charge is 0.336 e. The summed E-state index contributed by atoms with van der Waals surface area (Å²) in [6.45, 7) is 7.83. The fourth-order valence-electron chi connectivity index (χ4n) is 1.78. The third kappa shape index (κ3) is 2.45. The summed E-state index contributed by atoms with van der Waals surface area (Å²) in [5.74, 6) is 0. The van der Waals surface area contributed by atoms with Gasteiger partial charge in [-0.25, -0.2) is 9.78 Å². The molecule has 5 nitrogen and oxygen atoms in total. The number of urea groups is 1. The van der Waals surface area contributed by atoms with Gasteiger partial charge in [0.1, 0.15) is 5.65 Å². The van der Waals surface area contributed by atoms with Crippen LogP contribution in [0.4, 0.5) is 10.5 Å². The van der Waals surface area contributed by atoms with Crippen molar-refractivity contribution in [1.82, 2.24) is 14.7 Å². The number of nitrogens with one attached hydrogen (secondary N) is 2. The first-order valence-corrected chi connectivity index (χ1v) is 6.00. The Morgan fingerprint density at radius 3 is 2.72 bits per heavy atom. The Kier molecular flexibility index (Phi) is 3.23. The second-order valence-corrected chi connectivity index (χ2v) is 4.68. The lowest BCUT2D eigenvalue weighted by Crippen LogP contribution is -2.34. The van der Waals surface area contributed by atoms with Crippen LogP contribution in [0.3, 0.4) is 0 Å². The molecule has 0 saturated carbocycles. The quantitative estimate of drug-likeness (QED) is 0.855. The molecule has 0 spiro atoms. The Labute approximate surface area is 106 Å². The summed E-state index contributed by atoms with van der Waals surface area (Å²) in [7, 11) is 0. The van der Waals surface area contributed by atoms with Crippen LogP contribution >= 0.6 is 0 Å². The van der Waals surface area contributed by atoms with Gasteiger partial charge in [-0.1, -0.05) is 0 Å². The molecule has 2 aromatic heterocycles. The third-order valence-electron chi connectivity index (χ3n) is 2.77. The van der Waals surface area contributed by atoms with E-state index in [0.717, 1.165) is 22.7 Å². The molecule has 0 aliphatic heterocycles. The summed E-state index contributed by atoms with van der Waals surface area (Å²) in [5.41, 5.74) is 3.72. The van der Waals surface area contributed by atoms with Crippen molar-refractivity contribution in [2.45, 2.75) is 33.7 Å². The van der Waals surface area contributed by atoms with Crippen molar-refractivity contribution < 1.29 is 4.79 Å². The molecular weight excluding hydrogens is 228 g/mol. The van der Waals surface area contributed by atoms with Crippen LogP contribution in [0, 0.1) is 13.8 Å². The molecule has 2 aromatic rings. The molecule has 0 saturated heterocycles. The van der Waals surface area contributed by atoms with E-state index in [9.17, 15) is 4.79 Å². The van der Waals surface area contributed by atoms with Crippen molar-refractivity contribution in [2.24, 2.45) is 0 Å². The highest BCUT2D eigenvalue weighted by Gasteiger charge is 2.07. The minimum absolute atomic E-state index is 0.117. The number of hydrogen-bond donors (Lipinski definition) is 2. The van der Waals surface area contributed by atoms with Crippen LogP contribution in [-0.2, 0) is 0 Å². The molecule has 0 aromatic carbocycles. The lowest BCUT2D eigenvalue weighted by molar-refractivity contribution is 0.250. The van der Waals surface area contributed by atoms with E-state index in [-0.39, 0.29) is 12.1 Å². The molecule has 2 amide bonds. The highest BCUT2D eigenvalue weighted by atomic mass is 16.2. The number of aryl methyl sites for hydroxylation is 2. The van der Waals surface area contributed by atoms with Crippen molar-refractivity contribution in [1.29, 1.82) is 0 Å². The summed E-state index contributed by atoms with van der Waals surface area (Å²) in [6.07, 6.45) is 1.88. The number of imidazole rings is 1. The van der Waals surface area contributed by atoms with Crippen molar-refractivity contribution in [2.75, 3.05) is 5.32 Å². The lowest BCUT2D eigenvalue weighted by atomic mass is 10.3. The maximum absolute atomic E-state index is 11.6. The Morgan fingerprint density at radius 1 is 1.33 bits per heavy atom. The first-order chi connectivity index (χ1) is 8.47. The Bertz CT molecular complexity index is 586. The number of fused-ring (bicyclic) bond motifs is 1. The maximum atomic E-state index is 11.6. The number of carbonyl (C=O) groups is 1. The van der Waals surface area contributed by atoms with E-state index in [4.69, 9.17) is 0 Å². The average Bonchev–Trinajstić information content (AvgIpc) is 2.54. The molecule has 0 bridgehead atoms. The summed E-state index contributed by atoms with van der Waals surface area (Å²) in [6, 6.07) is 3.66. The minimum Gasteiger partial charge on any atom is -0.336 e. The number of nitrogens with zero attached hydrogens (tertiary/aromatic N) is 2. The molecule has 0 aliphatic rings. The zero-order valence-electron chi connectivity index (χ0n) is 11.1. The van der Waals surface area contributed by atoms with Crippen LogP contribution in [-0.4, -0.2) is 21.5 Å². The van der Waals surface area contributed by atoms with Gasteiger partial charge in [0, 0.05) is 17.9 Å². The summed E-state index contributed by atoms with van der Waals surface area (Å²) < 4.78 is 1.97. The molecular formula is C13H18N4O. The van der Waals surface area contributed by atoms with E-state index in [0.29, 0.717) is 0 Å². The number of amides is 2. The van der Waals surface area contributed by atoms with Crippen LogP contribution in [0.1, 0.15) is 25.2 Å². The number of carbonyl (C=O) groups excluding carboxylic acids is 1. The number of aromatic nitrogens is 2. The SMILES string of the molecule is Cc1nc2ccc(NC(=O)NC(C)C)cn2c1C. The van der Waals surface area contributed by atoms with E-state index < -0.39 is 0 Å². The van der Waals surface area contributed by atoms with Crippen molar-refractivity contribution >= 4 is 17.4 Å². The molecule has 0 unspecified atom stereocenters. The fraction of sp³-hybridized carbons (Fsp3) is 0.385. The van der Waals surface area contributed by atoms with Crippen LogP contribution in [0.5, 0.6) is 0 Å². The smallest absolute Gasteiger partial charge is 0.319 e. The monoisotopic (exact) mass is 246 g/mol. The van der Waals surface area contributed by atoms with Gasteiger partial charge in [-0.05, 0) is 39.8 Å². The number of pyridine rings is 1. The normalized spacial score (nSPS) is 10.9. The molecule has 2 N–H and O–H groups in total. The first-order valence-electron chi connectivity index (χ1n) is 6.00. The van der Waals surface area contributed by atoms with Crippen molar-refractivity contribution in [3.05, 3.63) is 29.7 Å². The van der Waals surface area contributed by atoms with Gasteiger partial charge in [0.05, 0.1) is 11.4 Å². The lowest BCUT2D eigenvalue weighted by Gasteiger charge is -2.10. The van der Waals surface area contributed by atoms with Crippen LogP contribution in [0.15, 0.2) is 18.3 Å². The predicted octanol–water partition coefficient (Wildman–Crippen LogP) is 2.48. The van der Waals surface area contributed by atoms with Crippen molar-refractivity contribution in [3.63, 3.8) is 0 Å². The van der Waals surface area contributed by atoms with Crippen LogP contribution in [0.25, 0.3) is 5.65 Å². The molecule has 0 aliphatic carbocycles.